The van der Waals surface area contributed by atoms with E-state index in [4.69, 9.17) is 9.51 Å². The molecule has 11 heteroatoms. The summed E-state index contributed by atoms with van der Waals surface area (Å²) in [4.78, 5) is 45.7. The molecule has 3 aromatic heterocycles. The third-order valence-electron chi connectivity index (χ3n) is 7.44. The van der Waals surface area contributed by atoms with Crippen molar-refractivity contribution >= 4 is 29.0 Å². The Morgan fingerprint density at radius 3 is 2.41 bits per heavy atom. The van der Waals surface area contributed by atoms with Gasteiger partial charge in [-0.15, -0.1) is 11.3 Å². The van der Waals surface area contributed by atoms with E-state index in [9.17, 15) is 9.59 Å². The number of hydrogen-bond acceptors (Lipinski definition) is 9. The summed E-state index contributed by atoms with van der Waals surface area (Å²) in [5, 5.41) is 7.01. The van der Waals surface area contributed by atoms with E-state index in [-0.39, 0.29) is 17.7 Å². The zero-order valence-corrected chi connectivity index (χ0v) is 22.5. The highest BCUT2D eigenvalue weighted by Crippen LogP contribution is 2.33. The first-order valence-corrected chi connectivity index (χ1v) is 14.0. The molecule has 5 heterocycles. The van der Waals surface area contributed by atoms with E-state index in [1.165, 1.54) is 11.3 Å². The number of nitrogens with zero attached hydrogens (tertiary/aromatic N) is 7. The van der Waals surface area contributed by atoms with Crippen LogP contribution in [0.2, 0.25) is 0 Å². The van der Waals surface area contributed by atoms with Crippen LogP contribution in [0.3, 0.4) is 0 Å². The maximum Gasteiger partial charge on any atom is 0.273 e. The zero-order valence-electron chi connectivity index (χ0n) is 21.7. The molecule has 0 bridgehead atoms. The molecule has 200 valence electrons. The van der Waals surface area contributed by atoms with E-state index in [2.05, 4.69) is 20.0 Å². The standard InChI is InChI=1S/C28H29N7O3S/c1-19-24(25(32-38-19)20-5-3-2-4-6-20)28(37)34-11-7-21(8-12-34)26-31-22(18-39-26)27(36)35-15-13-33(14-16-35)23-17-29-9-10-30-23/h2-6,9-10,17-18,21H,7-8,11-16H2,1H3. The number of hydrogen-bond donors (Lipinski definition) is 0. The number of anilines is 1. The normalized spacial score (nSPS) is 16.5. The monoisotopic (exact) mass is 543 g/mol. The van der Waals surface area contributed by atoms with Crippen molar-refractivity contribution in [2.45, 2.75) is 25.7 Å². The van der Waals surface area contributed by atoms with Crippen molar-refractivity contribution in [1.82, 2.24) is 29.9 Å². The SMILES string of the molecule is Cc1onc(-c2ccccc2)c1C(=O)N1CCC(c2nc(C(=O)N3CCN(c4cnccn4)CC3)cs2)CC1. The summed E-state index contributed by atoms with van der Waals surface area (Å²) in [6, 6.07) is 9.64. The molecule has 4 aromatic rings. The summed E-state index contributed by atoms with van der Waals surface area (Å²) >= 11 is 1.54. The minimum Gasteiger partial charge on any atom is -0.360 e. The Morgan fingerprint density at radius 2 is 1.69 bits per heavy atom. The van der Waals surface area contributed by atoms with Gasteiger partial charge in [-0.25, -0.2) is 9.97 Å². The summed E-state index contributed by atoms with van der Waals surface area (Å²) in [5.41, 5.74) is 2.49. The molecule has 0 unspecified atom stereocenters. The highest BCUT2D eigenvalue weighted by Gasteiger charge is 2.31. The van der Waals surface area contributed by atoms with Crippen LogP contribution in [0.4, 0.5) is 5.82 Å². The number of carbonyl (C=O) groups excluding carboxylic acids is 2. The number of benzene rings is 1. The van der Waals surface area contributed by atoms with E-state index in [0.717, 1.165) is 29.2 Å². The molecule has 2 amide bonds. The summed E-state index contributed by atoms with van der Waals surface area (Å²) in [6.45, 7) is 5.69. The maximum atomic E-state index is 13.5. The van der Waals surface area contributed by atoms with E-state index in [1.807, 2.05) is 45.5 Å². The third-order valence-corrected chi connectivity index (χ3v) is 8.44. The number of amides is 2. The number of piperazine rings is 1. The molecule has 2 saturated heterocycles. The van der Waals surface area contributed by atoms with Crippen molar-refractivity contribution in [3.63, 3.8) is 0 Å². The quantitative estimate of drug-likeness (QED) is 0.373. The molecular formula is C28H29N7O3S. The van der Waals surface area contributed by atoms with Crippen molar-refractivity contribution in [2.75, 3.05) is 44.2 Å². The van der Waals surface area contributed by atoms with Crippen molar-refractivity contribution < 1.29 is 14.1 Å². The van der Waals surface area contributed by atoms with Crippen LogP contribution in [0.5, 0.6) is 0 Å². The lowest BCUT2D eigenvalue weighted by Crippen LogP contribution is -2.49. The van der Waals surface area contributed by atoms with E-state index < -0.39 is 0 Å². The largest absolute Gasteiger partial charge is 0.360 e. The maximum absolute atomic E-state index is 13.5. The molecule has 10 nitrogen and oxygen atoms in total. The van der Waals surface area contributed by atoms with Gasteiger partial charge in [0.1, 0.15) is 28.5 Å². The van der Waals surface area contributed by atoms with Gasteiger partial charge in [0.2, 0.25) is 0 Å². The fourth-order valence-electron chi connectivity index (χ4n) is 5.23. The van der Waals surface area contributed by atoms with Gasteiger partial charge < -0.3 is 19.2 Å². The lowest BCUT2D eigenvalue weighted by Gasteiger charge is -2.34. The minimum atomic E-state index is -0.0540. The van der Waals surface area contributed by atoms with Gasteiger partial charge >= 0.3 is 0 Å². The number of likely N-dealkylation sites (tertiary alicyclic amines) is 1. The van der Waals surface area contributed by atoms with Gasteiger partial charge in [0, 0.05) is 68.5 Å². The second-order valence-electron chi connectivity index (χ2n) is 9.81. The molecule has 2 aliphatic rings. The first-order chi connectivity index (χ1) is 19.1. The highest BCUT2D eigenvalue weighted by molar-refractivity contribution is 7.09. The summed E-state index contributed by atoms with van der Waals surface area (Å²) < 4.78 is 5.41. The Kier molecular flexibility index (Phi) is 7.06. The molecule has 0 radical (unpaired) electrons. The average Bonchev–Trinajstić information content (AvgIpc) is 3.65. The van der Waals surface area contributed by atoms with Gasteiger partial charge in [-0.05, 0) is 19.8 Å². The summed E-state index contributed by atoms with van der Waals surface area (Å²) in [7, 11) is 0. The Bertz CT molecular complexity index is 1440. The third kappa shape index (κ3) is 5.14. The summed E-state index contributed by atoms with van der Waals surface area (Å²) in [6.07, 6.45) is 6.69. The molecule has 0 saturated carbocycles. The van der Waals surface area contributed by atoms with Crippen LogP contribution < -0.4 is 4.90 Å². The molecule has 0 N–H and O–H groups in total. The molecule has 6 rings (SSSR count). The van der Waals surface area contributed by atoms with Crippen LogP contribution in [0.15, 0.2) is 58.8 Å². The highest BCUT2D eigenvalue weighted by atomic mass is 32.1. The van der Waals surface area contributed by atoms with Gasteiger partial charge in [0.15, 0.2) is 0 Å². The summed E-state index contributed by atoms with van der Waals surface area (Å²) in [5.74, 6) is 1.51. The Hall–Kier alpha value is -4.12. The lowest BCUT2D eigenvalue weighted by molar-refractivity contribution is 0.0711. The molecular weight excluding hydrogens is 514 g/mol. The smallest absolute Gasteiger partial charge is 0.273 e. The van der Waals surface area contributed by atoms with Crippen LogP contribution in [-0.2, 0) is 0 Å². The average molecular weight is 544 g/mol. The van der Waals surface area contributed by atoms with Crippen molar-refractivity contribution in [2.24, 2.45) is 0 Å². The van der Waals surface area contributed by atoms with Crippen LogP contribution in [0.1, 0.15) is 50.4 Å². The van der Waals surface area contributed by atoms with E-state index >= 15 is 0 Å². The lowest BCUT2D eigenvalue weighted by atomic mass is 9.96. The fraction of sp³-hybridized carbons (Fsp3) is 0.357. The molecule has 0 aliphatic carbocycles. The number of aryl methyl sites for hydroxylation is 1. The Morgan fingerprint density at radius 1 is 0.949 bits per heavy atom. The molecule has 1 aromatic carbocycles. The number of rotatable bonds is 5. The van der Waals surface area contributed by atoms with Gasteiger partial charge in [-0.3, -0.25) is 14.6 Å². The van der Waals surface area contributed by atoms with Crippen LogP contribution in [0, 0.1) is 6.92 Å². The van der Waals surface area contributed by atoms with Crippen molar-refractivity contribution in [1.29, 1.82) is 0 Å². The molecule has 2 aliphatic heterocycles. The molecule has 39 heavy (non-hydrogen) atoms. The molecule has 0 spiro atoms. The van der Waals surface area contributed by atoms with Gasteiger partial charge in [0.05, 0.1) is 11.2 Å². The second-order valence-corrected chi connectivity index (χ2v) is 10.7. The first kappa shape index (κ1) is 25.2. The number of carbonyl (C=O) groups is 2. The zero-order chi connectivity index (χ0) is 26.8. The van der Waals surface area contributed by atoms with Crippen LogP contribution >= 0.6 is 11.3 Å². The fourth-order valence-corrected chi connectivity index (χ4v) is 6.20. The predicted molar refractivity (Wildman–Crippen MR) is 147 cm³/mol. The van der Waals surface area contributed by atoms with Crippen molar-refractivity contribution in [3.8, 4) is 11.3 Å². The Labute approximate surface area is 230 Å². The minimum absolute atomic E-state index is 0.0275. The Balaban J connectivity index is 1.06. The van der Waals surface area contributed by atoms with Crippen molar-refractivity contribution in [3.05, 3.63) is 76.3 Å². The van der Waals surface area contributed by atoms with Crippen LogP contribution in [0.25, 0.3) is 11.3 Å². The van der Waals surface area contributed by atoms with Gasteiger partial charge in [-0.2, -0.15) is 0 Å². The molecule has 0 atom stereocenters. The van der Waals surface area contributed by atoms with Gasteiger partial charge in [-0.1, -0.05) is 35.5 Å². The number of thiazole rings is 1. The molecule has 2 fully saturated rings. The number of aromatic nitrogens is 4. The van der Waals surface area contributed by atoms with E-state index in [1.54, 1.807) is 25.5 Å². The topological polar surface area (TPSA) is 109 Å². The second kappa shape index (κ2) is 10.9. The number of piperidine rings is 1. The van der Waals surface area contributed by atoms with E-state index in [0.29, 0.717) is 62.0 Å². The first-order valence-electron chi connectivity index (χ1n) is 13.1. The van der Waals surface area contributed by atoms with Crippen LogP contribution in [-0.4, -0.2) is 81.0 Å². The van der Waals surface area contributed by atoms with Gasteiger partial charge in [0.25, 0.3) is 11.8 Å². The predicted octanol–water partition coefficient (Wildman–Crippen LogP) is 3.88.